The van der Waals surface area contributed by atoms with Gasteiger partial charge in [0, 0.05) is 12.6 Å². The highest BCUT2D eigenvalue weighted by molar-refractivity contribution is 5.81. The van der Waals surface area contributed by atoms with Crippen molar-refractivity contribution in [3.63, 3.8) is 0 Å². The van der Waals surface area contributed by atoms with E-state index < -0.39 is 0 Å². The van der Waals surface area contributed by atoms with Gasteiger partial charge in [-0.1, -0.05) is 19.3 Å². The van der Waals surface area contributed by atoms with Crippen molar-refractivity contribution in [2.24, 2.45) is 0 Å². The van der Waals surface area contributed by atoms with Gasteiger partial charge in [0.2, 0.25) is 0 Å². The van der Waals surface area contributed by atoms with Gasteiger partial charge in [-0.15, -0.1) is 0 Å². The summed E-state index contributed by atoms with van der Waals surface area (Å²) in [7, 11) is 0. The summed E-state index contributed by atoms with van der Waals surface area (Å²) in [6.45, 7) is 2.52. The number of rotatable bonds is 4. The molecule has 1 aliphatic heterocycles. The third-order valence-corrected chi connectivity index (χ3v) is 4.15. The van der Waals surface area contributed by atoms with Crippen molar-refractivity contribution < 1.29 is 14.6 Å². The quantitative estimate of drug-likeness (QED) is 0.832. The lowest BCUT2D eigenvalue weighted by molar-refractivity contribution is -0.146. The molecule has 1 aliphatic carbocycles. The van der Waals surface area contributed by atoms with Crippen LogP contribution in [0.1, 0.15) is 51.9 Å². The van der Waals surface area contributed by atoms with Gasteiger partial charge in [0.05, 0.1) is 12.7 Å². The molecule has 2 unspecified atom stereocenters. The van der Waals surface area contributed by atoms with Gasteiger partial charge in [0.15, 0.2) is 0 Å². The molecule has 0 aromatic rings. The number of carbonyl (C=O) groups is 1. The Morgan fingerprint density at radius 1 is 1.22 bits per heavy atom. The fourth-order valence-electron chi connectivity index (χ4n) is 3.14. The summed E-state index contributed by atoms with van der Waals surface area (Å²) >= 11 is 0. The number of hydrogen-bond acceptors (Lipinski definition) is 3. The summed E-state index contributed by atoms with van der Waals surface area (Å²) in [5.74, 6) is 0.0975. The highest BCUT2D eigenvalue weighted by Crippen LogP contribution is 2.26. The van der Waals surface area contributed by atoms with Crippen LogP contribution in [0.15, 0.2) is 0 Å². The van der Waals surface area contributed by atoms with Crippen LogP contribution in [-0.2, 0) is 9.53 Å². The molecule has 0 bridgehead atoms. The first kappa shape index (κ1) is 13.8. The van der Waals surface area contributed by atoms with E-state index in [0.29, 0.717) is 12.6 Å². The lowest BCUT2D eigenvalue weighted by atomic mass is 9.93. The minimum Gasteiger partial charge on any atom is -0.395 e. The molecule has 2 rings (SSSR count). The second-order valence-electron chi connectivity index (χ2n) is 5.56. The second-order valence-corrected chi connectivity index (χ2v) is 5.56. The molecule has 4 heteroatoms. The predicted molar refractivity (Wildman–Crippen MR) is 69.2 cm³/mol. The smallest absolute Gasteiger partial charge is 0.252 e. The fourth-order valence-corrected chi connectivity index (χ4v) is 3.14. The molecule has 1 heterocycles. The van der Waals surface area contributed by atoms with Crippen molar-refractivity contribution >= 4 is 5.91 Å². The van der Waals surface area contributed by atoms with Crippen LogP contribution >= 0.6 is 0 Å². The summed E-state index contributed by atoms with van der Waals surface area (Å²) in [6, 6.07) is 0.318. The van der Waals surface area contributed by atoms with Crippen LogP contribution in [-0.4, -0.2) is 47.3 Å². The van der Waals surface area contributed by atoms with E-state index in [-0.39, 0.29) is 24.7 Å². The van der Waals surface area contributed by atoms with Gasteiger partial charge in [0.25, 0.3) is 5.91 Å². The van der Waals surface area contributed by atoms with E-state index in [0.717, 1.165) is 25.7 Å². The highest BCUT2D eigenvalue weighted by atomic mass is 16.5. The maximum Gasteiger partial charge on any atom is 0.252 e. The number of amides is 1. The van der Waals surface area contributed by atoms with E-state index in [1.165, 1.54) is 19.3 Å². The van der Waals surface area contributed by atoms with Crippen molar-refractivity contribution in [1.29, 1.82) is 0 Å². The molecular formula is C14H25NO3. The number of ether oxygens (including phenoxy) is 1. The Hall–Kier alpha value is -0.610. The van der Waals surface area contributed by atoms with Gasteiger partial charge < -0.3 is 14.7 Å². The Bertz CT molecular complexity index is 276. The zero-order valence-corrected chi connectivity index (χ0v) is 11.3. The topological polar surface area (TPSA) is 49.8 Å². The molecular weight excluding hydrogens is 230 g/mol. The highest BCUT2D eigenvalue weighted by Gasteiger charge is 2.34. The van der Waals surface area contributed by atoms with Gasteiger partial charge in [-0.05, 0) is 32.6 Å². The van der Waals surface area contributed by atoms with Crippen LogP contribution in [0.3, 0.4) is 0 Å². The number of aliphatic hydroxyl groups is 1. The minimum absolute atomic E-state index is 0.0461. The molecule has 104 valence electrons. The van der Waals surface area contributed by atoms with Crippen LogP contribution in [0.25, 0.3) is 0 Å². The summed E-state index contributed by atoms with van der Waals surface area (Å²) in [4.78, 5) is 14.3. The van der Waals surface area contributed by atoms with Gasteiger partial charge in [-0.2, -0.15) is 0 Å². The molecule has 1 amide bonds. The van der Waals surface area contributed by atoms with E-state index in [9.17, 15) is 9.90 Å². The number of nitrogens with zero attached hydrogens (tertiary/aromatic N) is 1. The van der Waals surface area contributed by atoms with Gasteiger partial charge in [0.1, 0.15) is 6.10 Å². The Balaban J connectivity index is 1.97. The first-order valence-corrected chi connectivity index (χ1v) is 7.29. The number of aliphatic hydroxyl groups excluding tert-OH is 1. The monoisotopic (exact) mass is 255 g/mol. The van der Waals surface area contributed by atoms with Crippen molar-refractivity contribution in [2.45, 2.75) is 70.1 Å². The SMILES string of the molecule is CC1CCC(C(=O)N(CCO)C2CCCCC2)O1. The third-order valence-electron chi connectivity index (χ3n) is 4.15. The normalized spacial score (nSPS) is 29.4. The lowest BCUT2D eigenvalue weighted by Gasteiger charge is -2.35. The molecule has 1 saturated carbocycles. The molecule has 0 spiro atoms. The lowest BCUT2D eigenvalue weighted by Crippen LogP contribution is -2.47. The zero-order chi connectivity index (χ0) is 13.0. The number of carbonyl (C=O) groups excluding carboxylic acids is 1. The molecule has 18 heavy (non-hydrogen) atoms. The van der Waals surface area contributed by atoms with Gasteiger partial charge in [-0.3, -0.25) is 4.79 Å². The molecule has 4 nitrogen and oxygen atoms in total. The van der Waals surface area contributed by atoms with Gasteiger partial charge >= 0.3 is 0 Å². The summed E-state index contributed by atoms with van der Waals surface area (Å²) in [6.07, 6.45) is 7.54. The van der Waals surface area contributed by atoms with E-state index in [2.05, 4.69) is 0 Å². The van der Waals surface area contributed by atoms with E-state index in [1.807, 2.05) is 11.8 Å². The maximum absolute atomic E-state index is 12.5. The summed E-state index contributed by atoms with van der Waals surface area (Å²) in [5, 5.41) is 9.18. The standard InChI is InChI=1S/C14H25NO3/c1-11-7-8-13(18-11)14(17)15(9-10-16)12-5-3-2-4-6-12/h11-13,16H,2-10H2,1H3. The van der Waals surface area contributed by atoms with Crippen molar-refractivity contribution in [2.75, 3.05) is 13.2 Å². The Morgan fingerprint density at radius 2 is 1.94 bits per heavy atom. The first-order chi connectivity index (χ1) is 8.72. The van der Waals surface area contributed by atoms with Crippen molar-refractivity contribution in [3.05, 3.63) is 0 Å². The van der Waals surface area contributed by atoms with Crippen molar-refractivity contribution in [3.8, 4) is 0 Å². The molecule has 1 N–H and O–H groups in total. The first-order valence-electron chi connectivity index (χ1n) is 7.29. The Labute approximate surface area is 109 Å². The molecule has 0 aromatic carbocycles. The molecule has 0 radical (unpaired) electrons. The largest absolute Gasteiger partial charge is 0.395 e. The third kappa shape index (κ3) is 3.23. The van der Waals surface area contributed by atoms with Crippen LogP contribution < -0.4 is 0 Å². The van der Waals surface area contributed by atoms with Gasteiger partial charge in [-0.25, -0.2) is 0 Å². The second kappa shape index (κ2) is 6.53. The molecule has 2 fully saturated rings. The number of hydrogen-bond donors (Lipinski definition) is 1. The van der Waals surface area contributed by atoms with Crippen LogP contribution in [0.2, 0.25) is 0 Å². The average Bonchev–Trinajstić information content (AvgIpc) is 2.83. The van der Waals surface area contributed by atoms with E-state index >= 15 is 0 Å². The van der Waals surface area contributed by atoms with Crippen LogP contribution in [0, 0.1) is 0 Å². The van der Waals surface area contributed by atoms with Crippen LogP contribution in [0.5, 0.6) is 0 Å². The predicted octanol–water partition coefficient (Wildman–Crippen LogP) is 1.71. The minimum atomic E-state index is -0.270. The molecule has 0 aromatic heterocycles. The maximum atomic E-state index is 12.5. The zero-order valence-electron chi connectivity index (χ0n) is 11.3. The Morgan fingerprint density at radius 3 is 2.50 bits per heavy atom. The summed E-state index contributed by atoms with van der Waals surface area (Å²) in [5.41, 5.74) is 0. The van der Waals surface area contributed by atoms with E-state index in [1.54, 1.807) is 0 Å². The van der Waals surface area contributed by atoms with Crippen molar-refractivity contribution in [1.82, 2.24) is 4.90 Å². The summed E-state index contributed by atoms with van der Waals surface area (Å²) < 4.78 is 5.67. The molecule has 1 saturated heterocycles. The molecule has 2 atom stereocenters. The fraction of sp³-hybridized carbons (Fsp3) is 0.929. The van der Waals surface area contributed by atoms with E-state index in [4.69, 9.17) is 4.74 Å². The molecule has 2 aliphatic rings. The Kier molecular flexibility index (Phi) is 5.01. The van der Waals surface area contributed by atoms with Crippen LogP contribution in [0.4, 0.5) is 0 Å². The average molecular weight is 255 g/mol.